The summed E-state index contributed by atoms with van der Waals surface area (Å²) in [6.07, 6.45) is -2.15. The highest BCUT2D eigenvalue weighted by molar-refractivity contribution is 5.37. The summed E-state index contributed by atoms with van der Waals surface area (Å²) in [5.41, 5.74) is 0.892. The lowest BCUT2D eigenvalue weighted by Crippen LogP contribution is -2.15. The molecule has 0 N–H and O–H groups in total. The molecule has 0 aliphatic rings. The van der Waals surface area contributed by atoms with E-state index < -0.39 is 12.0 Å². The minimum absolute atomic E-state index is 0.0292. The standard InChI is InChI=1S/C12H8F3N3/c13-12(14,15)11-17-5-6-18(11)8-10-4-2-1-3-9(10)7-16/h1-6H,8H2. The van der Waals surface area contributed by atoms with Crippen LogP contribution in [0.1, 0.15) is 17.0 Å². The molecule has 0 radical (unpaired) electrons. The third-order valence-corrected chi connectivity index (χ3v) is 2.45. The zero-order valence-corrected chi connectivity index (χ0v) is 9.15. The summed E-state index contributed by atoms with van der Waals surface area (Å²) >= 11 is 0. The quantitative estimate of drug-likeness (QED) is 0.823. The second-order valence-electron chi connectivity index (χ2n) is 3.65. The molecule has 6 heteroatoms. The Bertz CT molecular complexity index is 593. The Hall–Kier alpha value is -2.29. The molecule has 0 amide bonds. The van der Waals surface area contributed by atoms with Gasteiger partial charge in [0, 0.05) is 12.4 Å². The Kier molecular flexibility index (Phi) is 3.06. The molecule has 0 atom stereocenters. The van der Waals surface area contributed by atoms with Crippen molar-refractivity contribution in [3.05, 3.63) is 53.6 Å². The van der Waals surface area contributed by atoms with Gasteiger partial charge in [0.05, 0.1) is 18.2 Å². The number of rotatable bonds is 2. The van der Waals surface area contributed by atoms with Crippen LogP contribution in [0.15, 0.2) is 36.7 Å². The predicted molar refractivity (Wildman–Crippen MR) is 57.5 cm³/mol. The monoisotopic (exact) mass is 251 g/mol. The average Bonchev–Trinajstić information content (AvgIpc) is 2.78. The zero-order chi connectivity index (χ0) is 13.2. The van der Waals surface area contributed by atoms with Gasteiger partial charge >= 0.3 is 6.18 Å². The SMILES string of the molecule is N#Cc1ccccc1Cn1ccnc1C(F)(F)F. The van der Waals surface area contributed by atoms with Gasteiger partial charge in [-0.3, -0.25) is 0 Å². The minimum Gasteiger partial charge on any atom is -0.323 e. The van der Waals surface area contributed by atoms with E-state index in [-0.39, 0.29) is 6.54 Å². The Labute approximate surface area is 101 Å². The van der Waals surface area contributed by atoms with Gasteiger partial charge in [0.1, 0.15) is 0 Å². The molecule has 0 aliphatic heterocycles. The van der Waals surface area contributed by atoms with Crippen LogP contribution in [0.5, 0.6) is 0 Å². The summed E-state index contributed by atoms with van der Waals surface area (Å²) < 4.78 is 38.8. The molecule has 0 saturated heterocycles. The normalized spacial score (nSPS) is 11.2. The van der Waals surface area contributed by atoms with Crippen LogP contribution >= 0.6 is 0 Å². The molecule has 1 heterocycles. The van der Waals surface area contributed by atoms with Gasteiger partial charge in [-0.2, -0.15) is 18.4 Å². The van der Waals surface area contributed by atoms with Crippen molar-refractivity contribution in [2.45, 2.75) is 12.7 Å². The van der Waals surface area contributed by atoms with Crippen LogP contribution in [0.2, 0.25) is 0 Å². The maximum Gasteiger partial charge on any atom is 0.449 e. The van der Waals surface area contributed by atoms with E-state index in [2.05, 4.69) is 4.98 Å². The molecule has 0 unspecified atom stereocenters. The topological polar surface area (TPSA) is 41.6 Å². The van der Waals surface area contributed by atoms with Crippen LogP contribution in [0.25, 0.3) is 0 Å². The first kappa shape index (κ1) is 12.2. The van der Waals surface area contributed by atoms with E-state index in [9.17, 15) is 13.2 Å². The summed E-state index contributed by atoms with van der Waals surface area (Å²) in [6, 6.07) is 8.49. The summed E-state index contributed by atoms with van der Waals surface area (Å²) in [5.74, 6) is -0.963. The molecule has 0 spiro atoms. The summed E-state index contributed by atoms with van der Waals surface area (Å²) in [5, 5.41) is 8.88. The maximum atomic E-state index is 12.6. The van der Waals surface area contributed by atoms with Crippen molar-refractivity contribution in [2.75, 3.05) is 0 Å². The van der Waals surface area contributed by atoms with Gasteiger partial charge in [0.2, 0.25) is 5.82 Å². The number of imidazole rings is 1. The molecule has 92 valence electrons. The number of halogens is 3. The highest BCUT2D eigenvalue weighted by Crippen LogP contribution is 2.28. The fourth-order valence-electron chi connectivity index (χ4n) is 1.64. The third-order valence-electron chi connectivity index (χ3n) is 2.45. The zero-order valence-electron chi connectivity index (χ0n) is 9.15. The van der Waals surface area contributed by atoms with Crippen LogP contribution in [-0.2, 0) is 12.7 Å². The van der Waals surface area contributed by atoms with Crippen molar-refractivity contribution < 1.29 is 13.2 Å². The first-order valence-electron chi connectivity index (χ1n) is 5.08. The maximum absolute atomic E-state index is 12.6. The molecule has 0 bridgehead atoms. The molecule has 2 rings (SSSR count). The molecule has 0 aliphatic carbocycles. The van der Waals surface area contributed by atoms with Crippen molar-refractivity contribution in [2.24, 2.45) is 0 Å². The highest BCUT2D eigenvalue weighted by Gasteiger charge is 2.36. The molecule has 1 aromatic carbocycles. The Morgan fingerprint density at radius 1 is 1.28 bits per heavy atom. The van der Waals surface area contributed by atoms with Gasteiger partial charge in [-0.05, 0) is 11.6 Å². The van der Waals surface area contributed by atoms with E-state index in [1.165, 1.54) is 6.20 Å². The van der Waals surface area contributed by atoms with Crippen molar-refractivity contribution >= 4 is 0 Å². The van der Waals surface area contributed by atoms with Gasteiger partial charge in [0.15, 0.2) is 0 Å². The molecule has 0 saturated carbocycles. The Morgan fingerprint density at radius 3 is 2.67 bits per heavy atom. The minimum atomic E-state index is -4.49. The number of nitrogens with zero attached hydrogens (tertiary/aromatic N) is 3. The summed E-state index contributed by atoms with van der Waals surface area (Å²) in [7, 11) is 0. The van der Waals surface area contributed by atoms with Crippen LogP contribution in [-0.4, -0.2) is 9.55 Å². The van der Waals surface area contributed by atoms with Crippen molar-refractivity contribution in [3.63, 3.8) is 0 Å². The number of aromatic nitrogens is 2. The van der Waals surface area contributed by atoms with Gasteiger partial charge in [0.25, 0.3) is 0 Å². The average molecular weight is 251 g/mol. The lowest BCUT2D eigenvalue weighted by atomic mass is 10.1. The fraction of sp³-hybridized carbons (Fsp3) is 0.167. The first-order chi connectivity index (χ1) is 8.52. The second kappa shape index (κ2) is 4.53. The van der Waals surface area contributed by atoms with Crippen molar-refractivity contribution in [1.82, 2.24) is 9.55 Å². The number of nitriles is 1. The van der Waals surface area contributed by atoms with Crippen LogP contribution in [0.3, 0.4) is 0 Å². The van der Waals surface area contributed by atoms with E-state index in [1.807, 2.05) is 6.07 Å². The smallest absolute Gasteiger partial charge is 0.323 e. The van der Waals surface area contributed by atoms with Crippen LogP contribution < -0.4 is 0 Å². The van der Waals surface area contributed by atoms with Crippen LogP contribution in [0.4, 0.5) is 13.2 Å². The molecule has 3 nitrogen and oxygen atoms in total. The van der Waals surface area contributed by atoms with E-state index in [0.29, 0.717) is 11.1 Å². The third kappa shape index (κ3) is 2.35. The lowest BCUT2D eigenvalue weighted by Gasteiger charge is -2.11. The molecule has 18 heavy (non-hydrogen) atoms. The Morgan fingerprint density at radius 2 is 2.00 bits per heavy atom. The fourth-order valence-corrected chi connectivity index (χ4v) is 1.64. The number of benzene rings is 1. The van der Waals surface area contributed by atoms with Gasteiger partial charge < -0.3 is 4.57 Å². The number of hydrogen-bond acceptors (Lipinski definition) is 2. The van der Waals surface area contributed by atoms with Crippen molar-refractivity contribution in [1.29, 1.82) is 5.26 Å². The first-order valence-corrected chi connectivity index (χ1v) is 5.08. The predicted octanol–water partition coefficient (Wildman–Crippen LogP) is 2.82. The van der Waals surface area contributed by atoms with Crippen LogP contribution in [0, 0.1) is 11.3 Å². The molecular formula is C12H8F3N3. The largest absolute Gasteiger partial charge is 0.449 e. The molecule has 1 aromatic heterocycles. The lowest BCUT2D eigenvalue weighted by molar-refractivity contribution is -0.147. The van der Waals surface area contributed by atoms with E-state index >= 15 is 0 Å². The number of alkyl halides is 3. The molecular weight excluding hydrogens is 243 g/mol. The summed E-state index contributed by atoms with van der Waals surface area (Å²) in [6.45, 7) is -0.0292. The molecule has 0 fully saturated rings. The number of hydrogen-bond donors (Lipinski definition) is 0. The van der Waals surface area contributed by atoms with Gasteiger partial charge in [-0.25, -0.2) is 4.98 Å². The van der Waals surface area contributed by atoms with E-state index in [1.54, 1.807) is 24.3 Å². The van der Waals surface area contributed by atoms with E-state index in [4.69, 9.17) is 5.26 Å². The van der Waals surface area contributed by atoms with Gasteiger partial charge in [-0.1, -0.05) is 18.2 Å². The molecule has 2 aromatic rings. The second-order valence-corrected chi connectivity index (χ2v) is 3.65. The van der Waals surface area contributed by atoms with Gasteiger partial charge in [-0.15, -0.1) is 0 Å². The Balaban J connectivity index is 2.36. The van der Waals surface area contributed by atoms with Crippen molar-refractivity contribution in [3.8, 4) is 6.07 Å². The summed E-state index contributed by atoms with van der Waals surface area (Å²) in [4.78, 5) is 3.29. The highest BCUT2D eigenvalue weighted by atomic mass is 19.4. The van der Waals surface area contributed by atoms with E-state index in [0.717, 1.165) is 10.8 Å².